The molecule has 0 saturated carbocycles. The number of allylic oxidation sites excluding steroid dienone is 12. The van der Waals surface area contributed by atoms with E-state index >= 15 is 0 Å². The molecular weight excluding hydrogens is 645 g/mol. The molecule has 0 aliphatic carbocycles. The lowest BCUT2D eigenvalue weighted by atomic mass is 10.0. The zero-order valence-electron chi connectivity index (χ0n) is 33.8. The summed E-state index contributed by atoms with van der Waals surface area (Å²) in [7, 11) is 0. The third-order valence-corrected chi connectivity index (χ3v) is 9.01. The van der Waals surface area contributed by atoms with Crippen LogP contribution in [0.1, 0.15) is 194 Å². The molecule has 0 aromatic heterocycles. The van der Waals surface area contributed by atoms with Crippen molar-refractivity contribution < 1.29 is 24.2 Å². The molecule has 298 valence electrons. The average Bonchev–Trinajstić information content (AvgIpc) is 3.15. The van der Waals surface area contributed by atoms with E-state index in [1.54, 1.807) is 0 Å². The SMILES string of the molecule is CC/C=C\C/C=C\C/C=C\C/C=C\C/C=C\C/C=C\CCCCCCCCCCCCCCCCC(=O)OC(CO)COC(=O)CCCCCCC. The zero-order chi connectivity index (χ0) is 37.8. The molecule has 0 amide bonds. The summed E-state index contributed by atoms with van der Waals surface area (Å²) >= 11 is 0. The third-order valence-electron chi connectivity index (χ3n) is 9.01. The monoisotopic (exact) mass is 725 g/mol. The summed E-state index contributed by atoms with van der Waals surface area (Å²) in [4.78, 5) is 24.0. The van der Waals surface area contributed by atoms with Gasteiger partial charge in [-0.3, -0.25) is 9.59 Å². The summed E-state index contributed by atoms with van der Waals surface area (Å²) in [6, 6.07) is 0. The van der Waals surface area contributed by atoms with Crippen molar-refractivity contribution in [1.29, 1.82) is 0 Å². The van der Waals surface area contributed by atoms with E-state index in [9.17, 15) is 14.7 Å². The van der Waals surface area contributed by atoms with E-state index < -0.39 is 6.10 Å². The number of hydrogen-bond acceptors (Lipinski definition) is 5. The highest BCUT2D eigenvalue weighted by Crippen LogP contribution is 2.14. The van der Waals surface area contributed by atoms with Crippen molar-refractivity contribution in [3.63, 3.8) is 0 Å². The number of carbonyl (C=O) groups is 2. The van der Waals surface area contributed by atoms with Crippen molar-refractivity contribution in [2.45, 2.75) is 200 Å². The Bertz CT molecular complexity index is 957. The maximum absolute atomic E-state index is 12.1. The van der Waals surface area contributed by atoms with Crippen LogP contribution in [0.4, 0.5) is 0 Å². The summed E-state index contributed by atoms with van der Waals surface area (Å²) in [6.45, 7) is 3.92. The fraction of sp³-hybridized carbons (Fsp3) is 0.702. The van der Waals surface area contributed by atoms with Gasteiger partial charge in [-0.1, -0.05) is 189 Å². The predicted molar refractivity (Wildman–Crippen MR) is 223 cm³/mol. The van der Waals surface area contributed by atoms with Crippen LogP contribution >= 0.6 is 0 Å². The molecule has 0 heterocycles. The Hall–Kier alpha value is -2.66. The van der Waals surface area contributed by atoms with Crippen LogP contribution in [-0.2, 0) is 19.1 Å². The van der Waals surface area contributed by atoms with Gasteiger partial charge in [0.05, 0.1) is 6.61 Å². The molecule has 0 spiro atoms. The highest BCUT2D eigenvalue weighted by molar-refractivity contribution is 5.70. The van der Waals surface area contributed by atoms with Gasteiger partial charge in [-0.25, -0.2) is 0 Å². The first-order valence-corrected chi connectivity index (χ1v) is 21.5. The van der Waals surface area contributed by atoms with Crippen molar-refractivity contribution in [2.24, 2.45) is 0 Å². The molecule has 52 heavy (non-hydrogen) atoms. The molecule has 5 heteroatoms. The second-order valence-electron chi connectivity index (χ2n) is 14.0. The van der Waals surface area contributed by atoms with Gasteiger partial charge >= 0.3 is 11.9 Å². The molecule has 5 nitrogen and oxygen atoms in total. The first kappa shape index (κ1) is 49.3. The van der Waals surface area contributed by atoms with Gasteiger partial charge in [0.15, 0.2) is 6.10 Å². The molecule has 1 unspecified atom stereocenters. The minimum Gasteiger partial charge on any atom is -0.462 e. The Morgan fingerprint density at radius 1 is 0.462 bits per heavy atom. The number of rotatable bonds is 38. The van der Waals surface area contributed by atoms with E-state index in [-0.39, 0.29) is 25.2 Å². The molecule has 1 N–H and O–H groups in total. The number of aliphatic hydroxyl groups is 1. The number of aliphatic hydroxyl groups excluding tert-OH is 1. The van der Waals surface area contributed by atoms with Crippen LogP contribution < -0.4 is 0 Å². The quantitative estimate of drug-likeness (QED) is 0.0390. The molecule has 0 rings (SSSR count). The third kappa shape index (κ3) is 40.1. The fourth-order valence-corrected chi connectivity index (χ4v) is 5.79. The molecular formula is C47H80O5. The predicted octanol–water partition coefficient (Wildman–Crippen LogP) is 13.7. The van der Waals surface area contributed by atoms with E-state index in [2.05, 4.69) is 86.8 Å². The second-order valence-corrected chi connectivity index (χ2v) is 14.0. The number of unbranched alkanes of at least 4 members (excludes halogenated alkanes) is 18. The minimum atomic E-state index is -0.768. The molecule has 0 fully saturated rings. The molecule has 0 aliphatic rings. The molecule has 0 bridgehead atoms. The average molecular weight is 725 g/mol. The van der Waals surface area contributed by atoms with Crippen molar-refractivity contribution in [3.05, 3.63) is 72.9 Å². The first-order valence-electron chi connectivity index (χ1n) is 21.5. The highest BCUT2D eigenvalue weighted by atomic mass is 16.6. The van der Waals surface area contributed by atoms with Crippen LogP contribution in [0.5, 0.6) is 0 Å². The Labute approximate surface area is 321 Å². The van der Waals surface area contributed by atoms with E-state index in [0.29, 0.717) is 12.8 Å². The number of esters is 2. The van der Waals surface area contributed by atoms with Gasteiger partial charge < -0.3 is 14.6 Å². The Morgan fingerprint density at radius 2 is 0.827 bits per heavy atom. The first-order chi connectivity index (χ1) is 25.6. The molecule has 0 saturated heterocycles. The van der Waals surface area contributed by atoms with Crippen LogP contribution in [-0.4, -0.2) is 36.4 Å². The second kappa shape index (κ2) is 42.8. The number of ether oxygens (including phenoxy) is 2. The maximum atomic E-state index is 12.1. The molecule has 0 aliphatic heterocycles. The molecule has 0 aromatic rings. The lowest BCUT2D eigenvalue weighted by Gasteiger charge is -2.15. The van der Waals surface area contributed by atoms with Gasteiger partial charge in [0, 0.05) is 12.8 Å². The Balaban J connectivity index is 3.46. The molecule has 0 aromatic carbocycles. The summed E-state index contributed by atoms with van der Waals surface area (Å²) in [5, 5.41) is 9.48. The summed E-state index contributed by atoms with van der Waals surface area (Å²) in [6.07, 6.45) is 57.4. The number of hydrogen-bond donors (Lipinski definition) is 1. The van der Waals surface area contributed by atoms with Gasteiger partial charge in [0.1, 0.15) is 6.61 Å². The Morgan fingerprint density at radius 3 is 1.25 bits per heavy atom. The highest BCUT2D eigenvalue weighted by Gasteiger charge is 2.16. The van der Waals surface area contributed by atoms with Gasteiger partial charge in [-0.2, -0.15) is 0 Å². The van der Waals surface area contributed by atoms with Crippen LogP contribution in [0.15, 0.2) is 72.9 Å². The van der Waals surface area contributed by atoms with E-state index in [1.165, 1.54) is 89.9 Å². The largest absolute Gasteiger partial charge is 0.462 e. The van der Waals surface area contributed by atoms with Gasteiger partial charge in [0.25, 0.3) is 0 Å². The van der Waals surface area contributed by atoms with Crippen molar-refractivity contribution in [2.75, 3.05) is 13.2 Å². The van der Waals surface area contributed by atoms with Gasteiger partial charge in [-0.05, 0) is 64.2 Å². The molecule has 1 atom stereocenters. The van der Waals surface area contributed by atoms with E-state index in [0.717, 1.165) is 77.0 Å². The summed E-state index contributed by atoms with van der Waals surface area (Å²) < 4.78 is 10.5. The zero-order valence-corrected chi connectivity index (χ0v) is 33.8. The van der Waals surface area contributed by atoms with Crippen LogP contribution in [0.2, 0.25) is 0 Å². The van der Waals surface area contributed by atoms with E-state index in [1.807, 2.05) is 0 Å². The smallest absolute Gasteiger partial charge is 0.306 e. The maximum Gasteiger partial charge on any atom is 0.306 e. The van der Waals surface area contributed by atoms with E-state index in [4.69, 9.17) is 9.47 Å². The van der Waals surface area contributed by atoms with Crippen molar-refractivity contribution in [1.82, 2.24) is 0 Å². The summed E-state index contributed by atoms with van der Waals surface area (Å²) in [5.41, 5.74) is 0. The summed E-state index contributed by atoms with van der Waals surface area (Å²) in [5.74, 6) is -0.607. The van der Waals surface area contributed by atoms with Crippen molar-refractivity contribution in [3.8, 4) is 0 Å². The fourth-order valence-electron chi connectivity index (χ4n) is 5.79. The standard InChI is InChI=1S/C47H80O5/c1-3-5-7-9-10-11-12-13-14-15-16-17-18-19-20-21-22-23-24-25-26-27-28-29-30-31-32-33-34-35-36-38-40-42-47(50)52-45(43-48)44-51-46(49)41-39-37-8-6-4-2/h5,7,10-11,13-14,16-17,19-20,22-23,45,48H,3-4,6,8-9,12,15,18,21,24-44H2,1-2H3/b7-5-,11-10-,14-13-,17-16-,20-19-,23-22-. The van der Waals surface area contributed by atoms with Crippen LogP contribution in [0.3, 0.4) is 0 Å². The van der Waals surface area contributed by atoms with Gasteiger partial charge in [0.2, 0.25) is 0 Å². The number of carbonyl (C=O) groups excluding carboxylic acids is 2. The van der Waals surface area contributed by atoms with Crippen molar-refractivity contribution >= 4 is 11.9 Å². The molecule has 0 radical (unpaired) electrons. The normalized spacial score (nSPS) is 12.9. The lowest BCUT2D eigenvalue weighted by Crippen LogP contribution is -2.28. The van der Waals surface area contributed by atoms with Crippen LogP contribution in [0, 0.1) is 0 Å². The minimum absolute atomic E-state index is 0.0677. The topological polar surface area (TPSA) is 72.8 Å². The van der Waals surface area contributed by atoms with Gasteiger partial charge in [-0.15, -0.1) is 0 Å². The van der Waals surface area contributed by atoms with Crippen LogP contribution in [0.25, 0.3) is 0 Å². The lowest BCUT2D eigenvalue weighted by molar-refractivity contribution is -0.161. The Kier molecular flexibility index (Phi) is 40.6.